The van der Waals surface area contributed by atoms with Gasteiger partial charge in [0, 0.05) is 4.88 Å². The first-order valence-electron chi connectivity index (χ1n) is 10.7. The summed E-state index contributed by atoms with van der Waals surface area (Å²) in [6.45, 7) is 1.79. The average molecular weight is 536 g/mol. The molecule has 34 heavy (non-hydrogen) atoms. The van der Waals surface area contributed by atoms with Crippen molar-refractivity contribution in [2.24, 2.45) is 0 Å². The zero-order valence-electron chi connectivity index (χ0n) is 18.4. The molecule has 0 unspecified atom stereocenters. The molecule has 0 bridgehead atoms. The second-order valence-electron chi connectivity index (χ2n) is 7.29. The molecule has 7 heteroatoms. The normalized spacial score (nSPS) is 10.5. The molecule has 1 amide bonds. The van der Waals surface area contributed by atoms with E-state index in [0.717, 1.165) is 26.0 Å². The second kappa shape index (κ2) is 11.1. The number of esters is 1. The van der Waals surface area contributed by atoms with Gasteiger partial charge in [-0.3, -0.25) is 4.79 Å². The lowest BCUT2D eigenvalue weighted by atomic mass is 10.1. The summed E-state index contributed by atoms with van der Waals surface area (Å²) in [5.41, 5.74) is 3.41. The lowest BCUT2D eigenvalue weighted by Crippen LogP contribution is -2.21. The van der Waals surface area contributed by atoms with Crippen LogP contribution in [0.1, 0.15) is 17.3 Å². The standard InChI is InChI=1S/C27H22BrNO4S/c1-2-32-27(31)21-16-24(19-11-7-4-8-12-19)34-26(21)29-25(30)17-33-23-14-13-20(15-22(23)28)18-9-5-3-6-10-18/h3-16H,2,17H2,1H3,(H,29,30). The quantitative estimate of drug-likeness (QED) is 0.246. The summed E-state index contributed by atoms with van der Waals surface area (Å²) < 4.78 is 11.6. The minimum absolute atomic E-state index is 0.204. The van der Waals surface area contributed by atoms with E-state index in [1.807, 2.05) is 78.9 Å². The van der Waals surface area contributed by atoms with E-state index in [0.29, 0.717) is 16.3 Å². The van der Waals surface area contributed by atoms with Gasteiger partial charge in [-0.25, -0.2) is 4.79 Å². The van der Waals surface area contributed by atoms with Gasteiger partial charge >= 0.3 is 5.97 Å². The van der Waals surface area contributed by atoms with Gasteiger partial charge in [0.15, 0.2) is 6.61 Å². The zero-order chi connectivity index (χ0) is 23.9. The Hall–Kier alpha value is -3.42. The van der Waals surface area contributed by atoms with Gasteiger partial charge in [-0.05, 0) is 57.7 Å². The fraction of sp³-hybridized carbons (Fsp3) is 0.111. The monoisotopic (exact) mass is 535 g/mol. The Kier molecular flexibility index (Phi) is 7.77. The summed E-state index contributed by atoms with van der Waals surface area (Å²) in [4.78, 5) is 26.0. The highest BCUT2D eigenvalue weighted by molar-refractivity contribution is 9.10. The third kappa shape index (κ3) is 5.73. The number of hydrogen-bond donors (Lipinski definition) is 1. The van der Waals surface area contributed by atoms with Crippen LogP contribution < -0.4 is 10.1 Å². The van der Waals surface area contributed by atoms with E-state index in [4.69, 9.17) is 9.47 Å². The fourth-order valence-corrected chi connectivity index (χ4v) is 4.88. The van der Waals surface area contributed by atoms with Gasteiger partial charge in [-0.1, -0.05) is 66.7 Å². The molecule has 172 valence electrons. The first-order chi connectivity index (χ1) is 16.5. The summed E-state index contributed by atoms with van der Waals surface area (Å²) >= 11 is 4.84. The predicted octanol–water partition coefficient (Wildman–Crippen LogP) is 7.04. The third-order valence-electron chi connectivity index (χ3n) is 4.94. The molecule has 4 aromatic rings. The zero-order valence-corrected chi connectivity index (χ0v) is 20.8. The molecule has 0 aliphatic carbocycles. The Morgan fingerprint density at radius 3 is 2.21 bits per heavy atom. The molecule has 0 aliphatic heterocycles. The van der Waals surface area contributed by atoms with Gasteiger partial charge in [0.05, 0.1) is 16.6 Å². The van der Waals surface area contributed by atoms with Crippen LogP contribution in [0.25, 0.3) is 21.6 Å². The smallest absolute Gasteiger partial charge is 0.341 e. The predicted molar refractivity (Wildman–Crippen MR) is 139 cm³/mol. The molecular weight excluding hydrogens is 514 g/mol. The van der Waals surface area contributed by atoms with E-state index in [9.17, 15) is 9.59 Å². The molecule has 0 atom stereocenters. The van der Waals surface area contributed by atoms with Crippen LogP contribution in [0.4, 0.5) is 5.00 Å². The van der Waals surface area contributed by atoms with Gasteiger partial charge in [0.25, 0.3) is 5.91 Å². The van der Waals surface area contributed by atoms with E-state index >= 15 is 0 Å². The van der Waals surface area contributed by atoms with Crippen LogP contribution in [-0.4, -0.2) is 25.1 Å². The van der Waals surface area contributed by atoms with Crippen molar-refractivity contribution in [1.29, 1.82) is 0 Å². The van der Waals surface area contributed by atoms with Crippen LogP contribution in [0.15, 0.2) is 89.4 Å². The van der Waals surface area contributed by atoms with Crippen molar-refractivity contribution in [3.8, 4) is 27.3 Å². The topological polar surface area (TPSA) is 64.6 Å². The fourth-order valence-electron chi connectivity index (χ4n) is 3.32. The lowest BCUT2D eigenvalue weighted by Gasteiger charge is -2.10. The van der Waals surface area contributed by atoms with Crippen LogP contribution in [0.5, 0.6) is 5.75 Å². The number of benzene rings is 3. The summed E-state index contributed by atoms with van der Waals surface area (Å²) in [6.07, 6.45) is 0. The van der Waals surface area contributed by atoms with E-state index in [-0.39, 0.29) is 19.1 Å². The molecule has 0 spiro atoms. The highest BCUT2D eigenvalue weighted by Crippen LogP contribution is 2.36. The van der Waals surface area contributed by atoms with Crippen LogP contribution in [0.2, 0.25) is 0 Å². The molecule has 4 rings (SSSR count). The number of ether oxygens (including phenoxy) is 2. The lowest BCUT2D eigenvalue weighted by molar-refractivity contribution is -0.118. The molecular formula is C27H22BrNO4S. The number of amides is 1. The maximum absolute atomic E-state index is 12.7. The molecule has 5 nitrogen and oxygen atoms in total. The highest BCUT2D eigenvalue weighted by Gasteiger charge is 2.20. The van der Waals surface area contributed by atoms with Crippen molar-refractivity contribution >= 4 is 44.1 Å². The number of rotatable bonds is 8. The van der Waals surface area contributed by atoms with Crippen LogP contribution >= 0.6 is 27.3 Å². The first kappa shape index (κ1) is 23.7. The number of anilines is 1. The SMILES string of the molecule is CCOC(=O)c1cc(-c2ccccc2)sc1NC(=O)COc1ccc(-c2ccccc2)cc1Br. The minimum atomic E-state index is -0.476. The maximum Gasteiger partial charge on any atom is 0.341 e. The van der Waals surface area contributed by atoms with Gasteiger partial charge in [0.1, 0.15) is 10.8 Å². The maximum atomic E-state index is 12.7. The van der Waals surface area contributed by atoms with Gasteiger partial charge in [-0.2, -0.15) is 0 Å². The Morgan fingerprint density at radius 1 is 0.882 bits per heavy atom. The Labute approximate surface area is 210 Å². The van der Waals surface area contributed by atoms with Gasteiger partial charge in [0.2, 0.25) is 0 Å². The number of hydrogen-bond acceptors (Lipinski definition) is 5. The summed E-state index contributed by atoms with van der Waals surface area (Å²) in [6, 6.07) is 27.1. The van der Waals surface area contributed by atoms with Crippen molar-refractivity contribution in [2.75, 3.05) is 18.5 Å². The minimum Gasteiger partial charge on any atom is -0.483 e. The highest BCUT2D eigenvalue weighted by atomic mass is 79.9. The molecule has 0 aliphatic rings. The number of nitrogens with one attached hydrogen (secondary N) is 1. The summed E-state index contributed by atoms with van der Waals surface area (Å²) in [7, 11) is 0. The van der Waals surface area contributed by atoms with Crippen LogP contribution in [-0.2, 0) is 9.53 Å². The molecule has 0 saturated carbocycles. The Balaban J connectivity index is 1.46. The molecule has 0 saturated heterocycles. The van der Waals surface area contributed by atoms with Crippen LogP contribution in [0, 0.1) is 0 Å². The number of thiophene rings is 1. The van der Waals surface area contributed by atoms with Gasteiger partial charge < -0.3 is 14.8 Å². The third-order valence-corrected chi connectivity index (χ3v) is 6.66. The molecule has 0 fully saturated rings. The van der Waals surface area contributed by atoms with Gasteiger partial charge in [-0.15, -0.1) is 11.3 Å². The van der Waals surface area contributed by atoms with Crippen molar-refractivity contribution in [3.05, 3.63) is 95.0 Å². The molecule has 1 N–H and O–H groups in total. The number of carbonyl (C=O) groups is 2. The van der Waals surface area contributed by atoms with E-state index in [2.05, 4.69) is 21.2 Å². The molecule has 1 heterocycles. The average Bonchev–Trinajstić information content (AvgIpc) is 3.28. The Morgan fingerprint density at radius 2 is 1.56 bits per heavy atom. The number of carbonyl (C=O) groups excluding carboxylic acids is 2. The Bertz CT molecular complexity index is 1290. The van der Waals surface area contributed by atoms with E-state index in [1.165, 1.54) is 11.3 Å². The molecule has 0 radical (unpaired) electrons. The van der Waals surface area contributed by atoms with Crippen molar-refractivity contribution in [3.63, 3.8) is 0 Å². The van der Waals surface area contributed by atoms with Crippen molar-refractivity contribution < 1.29 is 19.1 Å². The second-order valence-corrected chi connectivity index (χ2v) is 9.19. The number of halogens is 1. The van der Waals surface area contributed by atoms with Crippen molar-refractivity contribution in [1.82, 2.24) is 0 Å². The van der Waals surface area contributed by atoms with E-state index in [1.54, 1.807) is 13.0 Å². The first-order valence-corrected chi connectivity index (χ1v) is 12.3. The van der Waals surface area contributed by atoms with Crippen LogP contribution in [0.3, 0.4) is 0 Å². The largest absolute Gasteiger partial charge is 0.483 e. The summed E-state index contributed by atoms with van der Waals surface area (Å²) in [5.74, 6) is -0.293. The molecule has 3 aromatic carbocycles. The van der Waals surface area contributed by atoms with E-state index < -0.39 is 5.97 Å². The summed E-state index contributed by atoms with van der Waals surface area (Å²) in [5, 5.41) is 3.24. The molecule has 1 aromatic heterocycles. The van der Waals surface area contributed by atoms with Crippen molar-refractivity contribution in [2.45, 2.75) is 6.92 Å².